The molecule has 1 atom stereocenters. The number of rotatable bonds is 5. The van der Waals surface area contributed by atoms with Gasteiger partial charge in [-0.2, -0.15) is 0 Å². The smallest absolute Gasteiger partial charge is 0.124 e. The Kier molecular flexibility index (Phi) is 4.25. The second-order valence-corrected chi connectivity index (χ2v) is 3.99. The van der Waals surface area contributed by atoms with Crippen LogP contribution >= 0.6 is 0 Å². The summed E-state index contributed by atoms with van der Waals surface area (Å²) in [5.41, 5.74) is 7.88. The molecule has 1 aromatic heterocycles. The second-order valence-electron chi connectivity index (χ2n) is 3.99. The van der Waals surface area contributed by atoms with Crippen LogP contribution in [-0.2, 0) is 0 Å². The van der Waals surface area contributed by atoms with Crippen LogP contribution in [0.3, 0.4) is 0 Å². The molecule has 1 unspecified atom stereocenters. The molecule has 0 saturated carbocycles. The second kappa shape index (κ2) is 6.12. The van der Waals surface area contributed by atoms with E-state index in [0.717, 1.165) is 23.4 Å². The molecule has 94 valence electrons. The van der Waals surface area contributed by atoms with Crippen molar-refractivity contribution in [3.8, 4) is 5.75 Å². The summed E-state index contributed by atoms with van der Waals surface area (Å²) in [7, 11) is 0. The highest BCUT2D eigenvalue weighted by Gasteiger charge is 2.14. The van der Waals surface area contributed by atoms with Crippen molar-refractivity contribution in [2.45, 2.75) is 19.4 Å². The number of benzene rings is 1. The topological polar surface area (TPSA) is 61.0 Å². The zero-order chi connectivity index (χ0) is 12.8. The van der Waals surface area contributed by atoms with Gasteiger partial charge in [-0.15, -0.1) is 0 Å². The van der Waals surface area contributed by atoms with Crippen LogP contribution in [0.15, 0.2) is 42.9 Å². The summed E-state index contributed by atoms with van der Waals surface area (Å²) in [6.07, 6.45) is 5.93. The average Bonchev–Trinajstić information content (AvgIpc) is 2.45. The van der Waals surface area contributed by atoms with Gasteiger partial charge in [-0.05, 0) is 12.5 Å². The number of aromatic nitrogens is 2. The molecule has 0 aliphatic rings. The number of hydrogen-bond acceptors (Lipinski definition) is 4. The van der Waals surface area contributed by atoms with Crippen LogP contribution in [0.1, 0.15) is 30.6 Å². The Labute approximate surface area is 107 Å². The number of nitrogens with two attached hydrogens (primary N) is 1. The van der Waals surface area contributed by atoms with Crippen LogP contribution in [0.2, 0.25) is 0 Å². The lowest BCUT2D eigenvalue weighted by atomic mass is 10.0. The molecule has 18 heavy (non-hydrogen) atoms. The van der Waals surface area contributed by atoms with Gasteiger partial charge >= 0.3 is 0 Å². The van der Waals surface area contributed by atoms with E-state index < -0.39 is 0 Å². The Morgan fingerprint density at radius 2 is 2.11 bits per heavy atom. The van der Waals surface area contributed by atoms with E-state index in [1.165, 1.54) is 0 Å². The van der Waals surface area contributed by atoms with Crippen molar-refractivity contribution in [1.82, 2.24) is 9.97 Å². The van der Waals surface area contributed by atoms with Crippen LogP contribution in [0.5, 0.6) is 5.75 Å². The number of hydrogen-bond donors (Lipinski definition) is 1. The lowest BCUT2D eigenvalue weighted by Gasteiger charge is -2.16. The van der Waals surface area contributed by atoms with Gasteiger partial charge in [0.2, 0.25) is 0 Å². The highest BCUT2D eigenvalue weighted by atomic mass is 16.5. The predicted molar refractivity (Wildman–Crippen MR) is 70.3 cm³/mol. The van der Waals surface area contributed by atoms with Crippen molar-refractivity contribution in [2.24, 2.45) is 5.73 Å². The van der Waals surface area contributed by atoms with Gasteiger partial charge in [0.05, 0.1) is 24.5 Å². The van der Waals surface area contributed by atoms with E-state index in [0.29, 0.717) is 6.61 Å². The maximum atomic E-state index is 6.21. The Bertz CT molecular complexity index is 487. The fourth-order valence-corrected chi connectivity index (χ4v) is 1.71. The van der Waals surface area contributed by atoms with Gasteiger partial charge in [0.1, 0.15) is 5.75 Å². The molecule has 2 aromatic rings. The minimum Gasteiger partial charge on any atom is -0.493 e. The van der Waals surface area contributed by atoms with Crippen molar-refractivity contribution >= 4 is 0 Å². The molecule has 4 nitrogen and oxygen atoms in total. The predicted octanol–water partition coefficient (Wildman–Crippen LogP) is 2.31. The fourth-order valence-electron chi connectivity index (χ4n) is 1.71. The minimum atomic E-state index is -0.313. The van der Waals surface area contributed by atoms with Crippen molar-refractivity contribution in [3.63, 3.8) is 0 Å². The van der Waals surface area contributed by atoms with Crippen LogP contribution in [0, 0.1) is 0 Å². The van der Waals surface area contributed by atoms with Gasteiger partial charge in [-0.25, -0.2) is 0 Å². The quantitative estimate of drug-likeness (QED) is 0.875. The largest absolute Gasteiger partial charge is 0.493 e. The Hall–Kier alpha value is -1.94. The molecule has 1 aromatic carbocycles. The first-order valence-electron chi connectivity index (χ1n) is 6.06. The number of para-hydroxylation sites is 1. The zero-order valence-corrected chi connectivity index (χ0v) is 10.4. The molecule has 0 radical (unpaired) electrons. The van der Waals surface area contributed by atoms with Crippen LogP contribution < -0.4 is 10.5 Å². The molecule has 0 bridgehead atoms. The third-order valence-corrected chi connectivity index (χ3v) is 2.62. The maximum absolute atomic E-state index is 6.21. The molecule has 2 N–H and O–H groups in total. The van der Waals surface area contributed by atoms with Crippen LogP contribution in [0.25, 0.3) is 0 Å². The maximum Gasteiger partial charge on any atom is 0.124 e. The highest BCUT2D eigenvalue weighted by molar-refractivity contribution is 5.39. The van der Waals surface area contributed by atoms with Gasteiger partial charge < -0.3 is 10.5 Å². The van der Waals surface area contributed by atoms with Gasteiger partial charge in [0, 0.05) is 18.0 Å². The van der Waals surface area contributed by atoms with Crippen molar-refractivity contribution < 1.29 is 4.74 Å². The third-order valence-electron chi connectivity index (χ3n) is 2.62. The van der Waals surface area contributed by atoms with E-state index in [2.05, 4.69) is 16.9 Å². The monoisotopic (exact) mass is 243 g/mol. The molecule has 0 aliphatic carbocycles. The summed E-state index contributed by atoms with van der Waals surface area (Å²) in [5.74, 6) is 0.817. The Balaban J connectivity index is 2.27. The van der Waals surface area contributed by atoms with Crippen LogP contribution in [-0.4, -0.2) is 16.6 Å². The van der Waals surface area contributed by atoms with Gasteiger partial charge in [-0.3, -0.25) is 9.97 Å². The first-order chi connectivity index (χ1) is 8.83. The standard InChI is InChI=1S/C14H17N3O/c1-2-9-18-13-6-4-3-5-11(13)14(15)12-10-16-7-8-17-12/h3-8,10,14H,2,9,15H2,1H3. The fraction of sp³-hybridized carbons (Fsp3) is 0.286. The molecular weight excluding hydrogens is 226 g/mol. The first-order valence-corrected chi connectivity index (χ1v) is 6.06. The van der Waals surface area contributed by atoms with Crippen LogP contribution in [0.4, 0.5) is 0 Å². The summed E-state index contributed by atoms with van der Waals surface area (Å²) < 4.78 is 5.70. The molecule has 0 aliphatic heterocycles. The number of nitrogens with zero attached hydrogens (tertiary/aromatic N) is 2. The highest BCUT2D eigenvalue weighted by Crippen LogP contribution is 2.26. The van der Waals surface area contributed by atoms with Crippen molar-refractivity contribution in [2.75, 3.05) is 6.61 Å². The molecule has 0 spiro atoms. The molecule has 0 amide bonds. The SMILES string of the molecule is CCCOc1ccccc1C(N)c1cnccn1. The molecule has 1 heterocycles. The normalized spacial score (nSPS) is 12.1. The summed E-state index contributed by atoms with van der Waals surface area (Å²) in [6.45, 7) is 2.76. The molecule has 4 heteroatoms. The van der Waals surface area contributed by atoms with E-state index in [1.807, 2.05) is 24.3 Å². The lowest BCUT2D eigenvalue weighted by Crippen LogP contribution is -2.15. The van der Waals surface area contributed by atoms with E-state index in [9.17, 15) is 0 Å². The summed E-state index contributed by atoms with van der Waals surface area (Å²) >= 11 is 0. The Morgan fingerprint density at radius 3 is 2.83 bits per heavy atom. The van der Waals surface area contributed by atoms with E-state index in [1.54, 1.807) is 18.6 Å². The molecule has 0 saturated heterocycles. The minimum absolute atomic E-state index is 0.313. The summed E-state index contributed by atoms with van der Waals surface area (Å²) in [5, 5.41) is 0. The van der Waals surface area contributed by atoms with E-state index in [4.69, 9.17) is 10.5 Å². The van der Waals surface area contributed by atoms with Crippen molar-refractivity contribution in [3.05, 3.63) is 54.1 Å². The summed E-state index contributed by atoms with van der Waals surface area (Å²) in [4.78, 5) is 8.27. The Morgan fingerprint density at radius 1 is 1.28 bits per heavy atom. The third kappa shape index (κ3) is 2.84. The lowest BCUT2D eigenvalue weighted by molar-refractivity contribution is 0.313. The summed E-state index contributed by atoms with van der Waals surface area (Å²) in [6, 6.07) is 7.47. The van der Waals surface area contributed by atoms with E-state index >= 15 is 0 Å². The van der Waals surface area contributed by atoms with Gasteiger partial charge in [-0.1, -0.05) is 25.1 Å². The van der Waals surface area contributed by atoms with Gasteiger partial charge in [0.15, 0.2) is 0 Å². The van der Waals surface area contributed by atoms with E-state index in [-0.39, 0.29) is 6.04 Å². The van der Waals surface area contributed by atoms with Gasteiger partial charge in [0.25, 0.3) is 0 Å². The first kappa shape index (κ1) is 12.5. The molecule has 2 rings (SSSR count). The molecular formula is C14H17N3O. The molecule has 0 fully saturated rings. The average molecular weight is 243 g/mol. The van der Waals surface area contributed by atoms with Crippen molar-refractivity contribution in [1.29, 1.82) is 0 Å². The number of ether oxygens (including phenoxy) is 1. The zero-order valence-electron chi connectivity index (χ0n) is 10.4.